The van der Waals surface area contributed by atoms with Crippen molar-refractivity contribution in [2.75, 3.05) is 6.54 Å². The van der Waals surface area contributed by atoms with Crippen LogP contribution in [0, 0.1) is 6.92 Å². The van der Waals surface area contributed by atoms with Gasteiger partial charge >= 0.3 is 5.97 Å². The van der Waals surface area contributed by atoms with Crippen LogP contribution < -0.4 is 5.32 Å². The molecule has 3 rings (SSSR count). The van der Waals surface area contributed by atoms with E-state index in [1.807, 2.05) is 13.0 Å². The zero-order chi connectivity index (χ0) is 16.4. The van der Waals surface area contributed by atoms with E-state index < -0.39 is 6.10 Å². The van der Waals surface area contributed by atoms with Crippen LogP contribution in [0.1, 0.15) is 38.7 Å². The van der Waals surface area contributed by atoms with Gasteiger partial charge in [-0.25, -0.2) is 9.78 Å². The number of hydrogen-bond acceptors (Lipinski definition) is 5. The van der Waals surface area contributed by atoms with Crippen LogP contribution in [-0.2, 0) is 17.9 Å². The summed E-state index contributed by atoms with van der Waals surface area (Å²) in [5, 5.41) is 14.0. The van der Waals surface area contributed by atoms with Gasteiger partial charge in [-0.1, -0.05) is 23.7 Å². The van der Waals surface area contributed by atoms with E-state index in [1.165, 1.54) is 0 Å². The van der Waals surface area contributed by atoms with Crippen LogP contribution in [0.15, 0.2) is 30.5 Å². The third-order valence-corrected chi connectivity index (χ3v) is 4.25. The van der Waals surface area contributed by atoms with Crippen LogP contribution in [0.25, 0.3) is 0 Å². The number of aliphatic hydroxyl groups excluding tert-OH is 1. The molecule has 120 valence electrons. The zero-order valence-corrected chi connectivity index (χ0v) is 13.4. The Balaban J connectivity index is 1.63. The highest BCUT2D eigenvalue weighted by atomic mass is 35.5. The average Bonchev–Trinajstić information content (AvgIpc) is 2.92. The number of rotatable bonds is 5. The first-order chi connectivity index (χ1) is 11.1. The number of ether oxygens (including phenoxy) is 1. The Morgan fingerprint density at radius 2 is 2.22 bits per heavy atom. The summed E-state index contributed by atoms with van der Waals surface area (Å²) in [6, 6.07) is 7.13. The van der Waals surface area contributed by atoms with Crippen molar-refractivity contribution in [3.05, 3.63) is 63.4 Å². The second-order valence-corrected chi connectivity index (χ2v) is 5.91. The maximum absolute atomic E-state index is 11.5. The Kier molecular flexibility index (Phi) is 4.61. The molecule has 2 N–H and O–H groups in total. The maximum atomic E-state index is 11.5. The summed E-state index contributed by atoms with van der Waals surface area (Å²) in [6.45, 7) is 3.18. The number of cyclic esters (lactones) is 1. The summed E-state index contributed by atoms with van der Waals surface area (Å²) in [4.78, 5) is 15.6. The van der Waals surface area contributed by atoms with E-state index >= 15 is 0 Å². The monoisotopic (exact) mass is 332 g/mol. The summed E-state index contributed by atoms with van der Waals surface area (Å²) in [5.41, 5.74) is 4.18. The quantitative estimate of drug-likeness (QED) is 0.650. The molecular weight excluding hydrogens is 316 g/mol. The average molecular weight is 333 g/mol. The minimum absolute atomic E-state index is 0.282. The number of esters is 1. The summed E-state index contributed by atoms with van der Waals surface area (Å²) in [7, 11) is 0. The normalized spacial score (nSPS) is 14.5. The molecule has 0 bridgehead atoms. The fourth-order valence-corrected chi connectivity index (χ4v) is 2.81. The molecule has 0 amide bonds. The van der Waals surface area contributed by atoms with Gasteiger partial charge in [0.05, 0.1) is 11.7 Å². The number of aromatic nitrogens is 1. The number of halogens is 1. The van der Waals surface area contributed by atoms with Gasteiger partial charge < -0.3 is 15.2 Å². The Hall–Kier alpha value is -1.95. The van der Waals surface area contributed by atoms with Gasteiger partial charge in [0.1, 0.15) is 11.8 Å². The van der Waals surface area contributed by atoms with E-state index in [0.29, 0.717) is 23.8 Å². The van der Waals surface area contributed by atoms with Crippen molar-refractivity contribution in [3.8, 4) is 0 Å². The van der Waals surface area contributed by atoms with Crippen molar-refractivity contribution in [3.63, 3.8) is 0 Å². The lowest BCUT2D eigenvalue weighted by molar-refractivity contribution is 0.0535. The predicted octanol–water partition coefficient (Wildman–Crippen LogP) is 2.54. The Labute approximate surface area is 139 Å². The van der Waals surface area contributed by atoms with Gasteiger partial charge in [-0.3, -0.25) is 0 Å². The molecule has 23 heavy (non-hydrogen) atoms. The lowest BCUT2D eigenvalue weighted by Gasteiger charge is -2.16. The summed E-state index contributed by atoms with van der Waals surface area (Å²) in [6.07, 6.45) is 1.04. The van der Waals surface area contributed by atoms with E-state index in [-0.39, 0.29) is 12.6 Å². The number of fused-ring (bicyclic) bond motifs is 1. The number of benzene rings is 1. The molecule has 2 heterocycles. The fraction of sp³-hybridized carbons (Fsp3) is 0.294. The first-order valence-corrected chi connectivity index (χ1v) is 7.73. The fourth-order valence-electron chi connectivity index (χ4n) is 2.70. The predicted molar refractivity (Wildman–Crippen MR) is 86.2 cm³/mol. The maximum Gasteiger partial charge on any atom is 0.338 e. The molecule has 0 saturated carbocycles. The standard InChI is InChI=1S/C17H17ClN2O3/c1-10-12(3-4-13-14(10)9-23-17(13)22)15(21)8-19-6-11-2-5-16(18)20-7-11/h2-5,7,15,19,21H,6,8-9H2,1H3. The van der Waals surface area contributed by atoms with Gasteiger partial charge in [-0.2, -0.15) is 0 Å². The van der Waals surface area contributed by atoms with Gasteiger partial charge in [0.25, 0.3) is 0 Å². The van der Waals surface area contributed by atoms with Gasteiger partial charge in [-0.15, -0.1) is 0 Å². The number of carbonyl (C=O) groups excluding carboxylic acids is 1. The van der Waals surface area contributed by atoms with Crippen molar-refractivity contribution in [1.82, 2.24) is 10.3 Å². The molecule has 1 unspecified atom stereocenters. The molecule has 0 aliphatic carbocycles. The number of nitrogens with one attached hydrogen (secondary N) is 1. The minimum atomic E-state index is -0.656. The largest absolute Gasteiger partial charge is 0.457 e. The molecule has 1 aromatic carbocycles. The van der Waals surface area contributed by atoms with E-state index in [0.717, 1.165) is 22.3 Å². The van der Waals surface area contributed by atoms with Gasteiger partial charge in [-0.05, 0) is 35.7 Å². The van der Waals surface area contributed by atoms with E-state index in [9.17, 15) is 9.90 Å². The van der Waals surface area contributed by atoms with Crippen LogP contribution in [0.3, 0.4) is 0 Å². The van der Waals surface area contributed by atoms with E-state index in [4.69, 9.17) is 16.3 Å². The van der Waals surface area contributed by atoms with Crippen LogP contribution in [0.5, 0.6) is 0 Å². The third-order valence-electron chi connectivity index (χ3n) is 4.02. The van der Waals surface area contributed by atoms with Crippen molar-refractivity contribution < 1.29 is 14.6 Å². The lowest BCUT2D eigenvalue weighted by atomic mass is 9.95. The number of pyridine rings is 1. The van der Waals surface area contributed by atoms with Gasteiger partial charge in [0.15, 0.2) is 0 Å². The first kappa shape index (κ1) is 15.9. The number of aliphatic hydroxyl groups is 1. The van der Waals surface area contributed by atoms with Gasteiger partial charge in [0.2, 0.25) is 0 Å². The Morgan fingerprint density at radius 3 is 2.96 bits per heavy atom. The third kappa shape index (κ3) is 3.37. The molecule has 0 radical (unpaired) electrons. The highest BCUT2D eigenvalue weighted by Crippen LogP contribution is 2.28. The Bertz CT molecular complexity index is 731. The zero-order valence-electron chi connectivity index (χ0n) is 12.7. The van der Waals surface area contributed by atoms with Crippen molar-refractivity contribution in [2.45, 2.75) is 26.2 Å². The van der Waals surface area contributed by atoms with E-state index in [1.54, 1.807) is 24.4 Å². The topological polar surface area (TPSA) is 71.4 Å². The second kappa shape index (κ2) is 6.66. The SMILES string of the molecule is Cc1c(C(O)CNCc2ccc(Cl)nc2)ccc2c1COC2=O. The van der Waals surface area contributed by atoms with Gasteiger partial charge in [0, 0.05) is 24.8 Å². The van der Waals surface area contributed by atoms with Crippen LogP contribution in [-0.4, -0.2) is 22.6 Å². The molecule has 1 aliphatic rings. The molecule has 6 heteroatoms. The summed E-state index contributed by atoms with van der Waals surface area (Å²) >= 11 is 5.74. The molecule has 0 saturated heterocycles. The number of hydrogen-bond donors (Lipinski definition) is 2. The number of carbonyl (C=O) groups is 1. The summed E-state index contributed by atoms with van der Waals surface area (Å²) in [5.74, 6) is -0.294. The molecule has 2 aromatic rings. The Morgan fingerprint density at radius 1 is 1.39 bits per heavy atom. The first-order valence-electron chi connectivity index (χ1n) is 7.35. The van der Waals surface area contributed by atoms with E-state index in [2.05, 4.69) is 10.3 Å². The molecule has 0 fully saturated rings. The number of nitrogens with zero attached hydrogens (tertiary/aromatic N) is 1. The van der Waals surface area contributed by atoms with Crippen LogP contribution in [0.2, 0.25) is 5.15 Å². The van der Waals surface area contributed by atoms with Crippen LogP contribution in [0.4, 0.5) is 0 Å². The van der Waals surface area contributed by atoms with Crippen molar-refractivity contribution in [2.24, 2.45) is 0 Å². The molecule has 1 aromatic heterocycles. The van der Waals surface area contributed by atoms with Crippen molar-refractivity contribution >= 4 is 17.6 Å². The molecule has 1 atom stereocenters. The second-order valence-electron chi connectivity index (χ2n) is 5.52. The molecule has 1 aliphatic heterocycles. The molecular formula is C17H17ClN2O3. The molecule has 0 spiro atoms. The highest BCUT2D eigenvalue weighted by molar-refractivity contribution is 6.29. The molecule has 5 nitrogen and oxygen atoms in total. The summed E-state index contributed by atoms with van der Waals surface area (Å²) < 4.78 is 5.03. The minimum Gasteiger partial charge on any atom is -0.457 e. The van der Waals surface area contributed by atoms with Crippen LogP contribution >= 0.6 is 11.6 Å². The lowest BCUT2D eigenvalue weighted by Crippen LogP contribution is -2.22. The van der Waals surface area contributed by atoms with Crippen molar-refractivity contribution in [1.29, 1.82) is 0 Å². The smallest absolute Gasteiger partial charge is 0.338 e. The highest BCUT2D eigenvalue weighted by Gasteiger charge is 2.25.